The van der Waals surface area contributed by atoms with Gasteiger partial charge in [0.15, 0.2) is 11.5 Å². The van der Waals surface area contributed by atoms with Gasteiger partial charge in [-0.1, -0.05) is 15.9 Å². The second-order valence-electron chi connectivity index (χ2n) is 4.61. The molecule has 0 aliphatic carbocycles. The monoisotopic (exact) mass is 378 g/mol. The van der Waals surface area contributed by atoms with E-state index in [2.05, 4.69) is 27.0 Å². The van der Waals surface area contributed by atoms with Crippen molar-refractivity contribution in [3.63, 3.8) is 0 Å². The zero-order valence-corrected chi connectivity index (χ0v) is 14.9. The maximum atomic E-state index is 10.2. The summed E-state index contributed by atoms with van der Waals surface area (Å²) in [7, 11) is 0. The van der Waals surface area contributed by atoms with E-state index >= 15 is 0 Å². The molecule has 0 bridgehead atoms. The van der Waals surface area contributed by atoms with Crippen LogP contribution in [-0.2, 0) is 0 Å². The summed E-state index contributed by atoms with van der Waals surface area (Å²) in [4.78, 5) is 5.43. The summed E-state index contributed by atoms with van der Waals surface area (Å²) in [6.45, 7) is 6.18. The van der Waals surface area contributed by atoms with Gasteiger partial charge in [0.25, 0.3) is 0 Å². The average Bonchev–Trinajstić information content (AvgIpc) is 2.75. The van der Waals surface area contributed by atoms with Crippen LogP contribution in [0.25, 0.3) is 0 Å². The largest absolute Gasteiger partial charge is 0.504 e. The number of halogens is 1. The van der Waals surface area contributed by atoms with Crippen LogP contribution in [0, 0.1) is 25.2 Å². The van der Waals surface area contributed by atoms with Gasteiger partial charge in [-0.25, -0.2) is 4.99 Å². The first-order chi connectivity index (χ1) is 10.5. The van der Waals surface area contributed by atoms with Crippen molar-refractivity contribution in [2.24, 2.45) is 4.99 Å². The molecule has 0 radical (unpaired) electrons. The number of aryl methyl sites for hydroxylation is 1. The van der Waals surface area contributed by atoms with Crippen molar-refractivity contribution in [2.75, 3.05) is 6.61 Å². The van der Waals surface area contributed by atoms with E-state index in [1.807, 2.05) is 20.8 Å². The first kappa shape index (κ1) is 16.5. The van der Waals surface area contributed by atoms with E-state index in [1.165, 1.54) is 11.3 Å². The van der Waals surface area contributed by atoms with Crippen molar-refractivity contribution >= 4 is 38.5 Å². The van der Waals surface area contributed by atoms with E-state index in [9.17, 15) is 10.4 Å². The van der Waals surface area contributed by atoms with Gasteiger partial charge in [-0.15, -0.1) is 11.3 Å². The normalized spacial score (nSPS) is 10.9. The molecule has 4 nitrogen and oxygen atoms in total. The van der Waals surface area contributed by atoms with Crippen molar-refractivity contribution in [1.29, 1.82) is 5.26 Å². The summed E-state index contributed by atoms with van der Waals surface area (Å²) in [5.41, 5.74) is 2.07. The highest BCUT2D eigenvalue weighted by molar-refractivity contribution is 9.10. The Labute approximate surface area is 141 Å². The van der Waals surface area contributed by atoms with Crippen LogP contribution in [0.4, 0.5) is 5.00 Å². The Bertz CT molecular complexity index is 775. The number of nitrogens with zero attached hydrogens (tertiary/aromatic N) is 2. The fourth-order valence-corrected chi connectivity index (χ4v) is 3.32. The molecule has 0 saturated carbocycles. The van der Waals surface area contributed by atoms with Gasteiger partial charge < -0.3 is 9.84 Å². The third kappa shape index (κ3) is 3.32. The maximum absolute atomic E-state index is 10.2. The Morgan fingerprint density at radius 3 is 2.82 bits per heavy atom. The summed E-state index contributed by atoms with van der Waals surface area (Å²) < 4.78 is 6.17. The fourth-order valence-electron chi connectivity index (χ4n) is 1.92. The van der Waals surface area contributed by atoms with E-state index in [0.717, 1.165) is 14.9 Å². The Kier molecular flexibility index (Phi) is 5.22. The summed E-state index contributed by atoms with van der Waals surface area (Å²) in [5.74, 6) is 0.440. The minimum absolute atomic E-state index is 0.0392. The molecular weight excluding hydrogens is 364 g/mol. The van der Waals surface area contributed by atoms with Gasteiger partial charge in [0.1, 0.15) is 11.1 Å². The van der Waals surface area contributed by atoms with E-state index in [-0.39, 0.29) is 5.75 Å². The molecule has 6 heteroatoms. The number of ether oxygens (including phenoxy) is 1. The first-order valence-electron chi connectivity index (χ1n) is 6.67. The SMILES string of the molecule is CCOc1cc(Br)cc(C=Nc2sc(C)c(C)c2C#N)c1O. The molecule has 1 N–H and O–H groups in total. The van der Waals surface area contributed by atoms with E-state index < -0.39 is 0 Å². The van der Waals surface area contributed by atoms with Crippen molar-refractivity contribution in [1.82, 2.24) is 0 Å². The van der Waals surface area contributed by atoms with E-state index in [0.29, 0.717) is 28.5 Å². The van der Waals surface area contributed by atoms with Crippen LogP contribution in [0.1, 0.15) is 28.5 Å². The van der Waals surface area contributed by atoms with Crippen molar-refractivity contribution < 1.29 is 9.84 Å². The minimum atomic E-state index is 0.0392. The van der Waals surface area contributed by atoms with Gasteiger partial charge in [0, 0.05) is 21.1 Å². The molecule has 1 aromatic carbocycles. The third-order valence-electron chi connectivity index (χ3n) is 3.17. The van der Waals surface area contributed by atoms with Gasteiger partial charge in [0.2, 0.25) is 0 Å². The number of hydrogen-bond donors (Lipinski definition) is 1. The quantitative estimate of drug-likeness (QED) is 0.772. The van der Waals surface area contributed by atoms with Gasteiger partial charge in [-0.2, -0.15) is 5.26 Å². The molecule has 0 aliphatic rings. The van der Waals surface area contributed by atoms with Crippen molar-refractivity contribution in [3.05, 3.63) is 38.2 Å². The molecule has 0 spiro atoms. The molecular formula is C16H15BrN2O2S. The lowest BCUT2D eigenvalue weighted by Gasteiger charge is -2.08. The standard InChI is InChI=1S/C16H15BrN2O2S/c1-4-21-14-6-12(17)5-11(15(14)20)8-19-16-13(7-18)9(2)10(3)22-16/h5-6,8,20H,4H2,1-3H3. The number of benzene rings is 1. The number of phenolic OH excluding ortho intramolecular Hbond substituents is 1. The molecule has 2 aromatic rings. The second-order valence-corrected chi connectivity index (χ2v) is 6.73. The lowest BCUT2D eigenvalue weighted by molar-refractivity contribution is 0.317. The van der Waals surface area contributed by atoms with Crippen LogP contribution in [0.3, 0.4) is 0 Å². The molecule has 2 rings (SSSR count). The van der Waals surface area contributed by atoms with Gasteiger partial charge in [0.05, 0.1) is 12.2 Å². The molecule has 0 amide bonds. The molecule has 0 unspecified atom stereocenters. The molecule has 114 valence electrons. The molecule has 0 saturated heterocycles. The van der Waals surface area contributed by atoms with E-state index in [4.69, 9.17) is 4.74 Å². The highest BCUT2D eigenvalue weighted by Crippen LogP contribution is 2.36. The lowest BCUT2D eigenvalue weighted by Crippen LogP contribution is -1.94. The van der Waals surface area contributed by atoms with Crippen LogP contribution in [0.15, 0.2) is 21.6 Å². The molecule has 0 aliphatic heterocycles. The zero-order valence-electron chi connectivity index (χ0n) is 12.5. The second kappa shape index (κ2) is 6.95. The van der Waals surface area contributed by atoms with Gasteiger partial charge in [-0.3, -0.25) is 0 Å². The third-order valence-corrected chi connectivity index (χ3v) is 4.74. The summed E-state index contributed by atoms with van der Waals surface area (Å²) in [6.07, 6.45) is 1.55. The van der Waals surface area contributed by atoms with Crippen LogP contribution in [0.5, 0.6) is 11.5 Å². The number of nitriles is 1. The van der Waals surface area contributed by atoms with Crippen LogP contribution in [0.2, 0.25) is 0 Å². The van der Waals surface area contributed by atoms with Crippen molar-refractivity contribution in [2.45, 2.75) is 20.8 Å². The number of aliphatic imine (C=N–C) groups is 1. The minimum Gasteiger partial charge on any atom is -0.504 e. The van der Waals surface area contributed by atoms with Crippen LogP contribution < -0.4 is 4.74 Å². The van der Waals surface area contributed by atoms with Crippen LogP contribution in [-0.4, -0.2) is 17.9 Å². The van der Waals surface area contributed by atoms with Gasteiger partial charge >= 0.3 is 0 Å². The topological polar surface area (TPSA) is 65.6 Å². The molecule has 1 heterocycles. The number of phenols is 1. The molecule has 1 aromatic heterocycles. The van der Waals surface area contributed by atoms with Crippen molar-refractivity contribution in [3.8, 4) is 17.6 Å². The Morgan fingerprint density at radius 1 is 1.45 bits per heavy atom. The Morgan fingerprint density at radius 2 is 2.18 bits per heavy atom. The maximum Gasteiger partial charge on any atom is 0.166 e. The number of aromatic hydroxyl groups is 1. The fraction of sp³-hybridized carbons (Fsp3) is 0.250. The summed E-state index contributed by atoms with van der Waals surface area (Å²) >= 11 is 4.85. The average molecular weight is 379 g/mol. The predicted molar refractivity (Wildman–Crippen MR) is 92.7 cm³/mol. The highest BCUT2D eigenvalue weighted by atomic mass is 79.9. The number of hydrogen-bond acceptors (Lipinski definition) is 5. The predicted octanol–water partition coefficient (Wildman–Crippen LogP) is 4.85. The first-order valence-corrected chi connectivity index (χ1v) is 8.28. The van der Waals surface area contributed by atoms with Gasteiger partial charge in [-0.05, 0) is 38.5 Å². The Balaban J connectivity index is 2.43. The molecule has 0 atom stereocenters. The molecule has 22 heavy (non-hydrogen) atoms. The Hall–Kier alpha value is -1.84. The number of thiophene rings is 1. The number of rotatable bonds is 4. The van der Waals surface area contributed by atoms with E-state index in [1.54, 1.807) is 18.3 Å². The zero-order chi connectivity index (χ0) is 16.3. The van der Waals surface area contributed by atoms with Crippen LogP contribution >= 0.6 is 27.3 Å². The highest BCUT2D eigenvalue weighted by Gasteiger charge is 2.12. The smallest absolute Gasteiger partial charge is 0.166 e. The summed E-state index contributed by atoms with van der Waals surface area (Å²) in [5, 5.41) is 20.1. The molecule has 0 fully saturated rings. The lowest BCUT2D eigenvalue weighted by atomic mass is 10.2. The summed E-state index contributed by atoms with van der Waals surface area (Å²) in [6, 6.07) is 5.63.